The van der Waals surface area contributed by atoms with Crippen molar-refractivity contribution >= 4 is 39.0 Å². The Morgan fingerprint density at radius 3 is 2.36 bits per heavy atom. The standard InChI is InChI=1S/C23H20N4O4S2/c1-31-18-4-2-16(3-5-18)15-27-21-7-6-19(33(29,30)26-8-10-32-11-9-26)12-20(21)22(23(27)28)17(13-24)14-25/h2-7,12H,8-11,15H2,1H3. The van der Waals surface area contributed by atoms with Gasteiger partial charge in [-0.25, -0.2) is 8.42 Å². The quantitative estimate of drug-likeness (QED) is 0.477. The van der Waals surface area contributed by atoms with Crippen LogP contribution in [0.1, 0.15) is 11.1 Å². The molecule has 0 atom stereocenters. The van der Waals surface area contributed by atoms with E-state index < -0.39 is 15.9 Å². The molecule has 0 radical (unpaired) electrons. The smallest absolute Gasteiger partial charge is 0.261 e. The van der Waals surface area contributed by atoms with Crippen molar-refractivity contribution in [2.45, 2.75) is 11.4 Å². The van der Waals surface area contributed by atoms with E-state index in [0.717, 1.165) is 17.1 Å². The summed E-state index contributed by atoms with van der Waals surface area (Å²) in [7, 11) is -2.20. The van der Waals surface area contributed by atoms with Crippen LogP contribution in [-0.2, 0) is 21.4 Å². The number of ether oxygens (including phenoxy) is 1. The SMILES string of the molecule is COc1ccc(CN2C(=O)C(=C(C#N)C#N)c3cc(S(=O)(=O)N4CCSCC4)ccc32)cc1. The first kappa shape index (κ1) is 22.9. The summed E-state index contributed by atoms with van der Waals surface area (Å²) in [6.45, 7) is 1.02. The molecule has 2 aromatic carbocycles. The summed E-state index contributed by atoms with van der Waals surface area (Å²) >= 11 is 1.70. The zero-order valence-corrected chi connectivity index (χ0v) is 19.4. The van der Waals surface area contributed by atoms with E-state index in [-0.39, 0.29) is 28.1 Å². The largest absolute Gasteiger partial charge is 0.497 e. The fourth-order valence-electron chi connectivity index (χ4n) is 3.86. The highest BCUT2D eigenvalue weighted by molar-refractivity contribution is 7.99. The van der Waals surface area contributed by atoms with Gasteiger partial charge in [0.05, 0.1) is 29.8 Å². The molecule has 1 fully saturated rings. The first-order valence-corrected chi connectivity index (χ1v) is 12.7. The first-order valence-electron chi connectivity index (χ1n) is 10.1. The minimum absolute atomic E-state index is 0.0416. The van der Waals surface area contributed by atoms with Crippen molar-refractivity contribution in [3.63, 3.8) is 0 Å². The van der Waals surface area contributed by atoms with Crippen molar-refractivity contribution in [2.24, 2.45) is 0 Å². The fraction of sp³-hybridized carbons (Fsp3) is 0.261. The summed E-state index contributed by atoms with van der Waals surface area (Å²) in [6.07, 6.45) is 0. The van der Waals surface area contributed by atoms with Crippen molar-refractivity contribution in [1.29, 1.82) is 10.5 Å². The van der Waals surface area contributed by atoms with Crippen molar-refractivity contribution in [3.8, 4) is 17.9 Å². The van der Waals surface area contributed by atoms with E-state index in [1.54, 1.807) is 49.2 Å². The fourth-order valence-corrected chi connectivity index (χ4v) is 6.46. The number of benzene rings is 2. The summed E-state index contributed by atoms with van der Waals surface area (Å²) in [6, 6.07) is 15.2. The number of anilines is 1. The second-order valence-corrected chi connectivity index (χ2v) is 10.6. The highest BCUT2D eigenvalue weighted by Crippen LogP contribution is 2.41. The monoisotopic (exact) mass is 480 g/mol. The number of nitriles is 2. The minimum atomic E-state index is -3.76. The number of carbonyl (C=O) groups is 1. The zero-order valence-electron chi connectivity index (χ0n) is 17.8. The molecule has 0 saturated carbocycles. The van der Waals surface area contributed by atoms with Gasteiger partial charge in [0.1, 0.15) is 23.5 Å². The van der Waals surface area contributed by atoms with Crippen molar-refractivity contribution in [1.82, 2.24) is 4.31 Å². The lowest BCUT2D eigenvalue weighted by Gasteiger charge is -2.26. The Bertz CT molecular complexity index is 1300. The zero-order chi connectivity index (χ0) is 23.6. The number of thioether (sulfide) groups is 1. The van der Waals surface area contributed by atoms with Crippen molar-refractivity contribution in [2.75, 3.05) is 36.6 Å². The van der Waals surface area contributed by atoms with E-state index in [9.17, 15) is 23.7 Å². The van der Waals surface area contributed by atoms with Gasteiger partial charge in [0.2, 0.25) is 10.0 Å². The van der Waals surface area contributed by atoms with Gasteiger partial charge in [-0.2, -0.15) is 26.6 Å². The molecule has 0 N–H and O–H groups in total. The Morgan fingerprint density at radius 1 is 1.09 bits per heavy atom. The van der Waals surface area contributed by atoms with Gasteiger partial charge in [0.25, 0.3) is 5.91 Å². The van der Waals surface area contributed by atoms with E-state index in [0.29, 0.717) is 24.5 Å². The number of rotatable bonds is 5. The first-order chi connectivity index (χ1) is 15.9. The Hall–Kier alpha value is -3.31. The molecule has 0 bridgehead atoms. The molecule has 0 aliphatic carbocycles. The van der Waals surface area contributed by atoms with Crippen LogP contribution in [0.5, 0.6) is 5.75 Å². The topological polar surface area (TPSA) is 114 Å². The van der Waals surface area contributed by atoms with Crippen molar-refractivity contribution in [3.05, 3.63) is 59.2 Å². The molecule has 4 rings (SSSR count). The third kappa shape index (κ3) is 4.21. The molecule has 2 aliphatic heterocycles. The maximum Gasteiger partial charge on any atom is 0.261 e. The van der Waals surface area contributed by atoms with E-state index >= 15 is 0 Å². The molecule has 0 spiro atoms. The van der Waals surface area contributed by atoms with Crippen LogP contribution in [0.4, 0.5) is 5.69 Å². The summed E-state index contributed by atoms with van der Waals surface area (Å²) in [5.41, 5.74) is 1.13. The van der Waals surface area contributed by atoms with Gasteiger partial charge < -0.3 is 9.64 Å². The molecule has 10 heteroatoms. The average Bonchev–Trinajstić information content (AvgIpc) is 3.12. The number of nitrogens with zero attached hydrogens (tertiary/aromatic N) is 4. The van der Waals surface area contributed by atoms with Crippen LogP contribution in [0.25, 0.3) is 5.57 Å². The van der Waals surface area contributed by atoms with E-state index in [4.69, 9.17) is 4.74 Å². The highest BCUT2D eigenvalue weighted by Gasteiger charge is 2.37. The van der Waals surface area contributed by atoms with E-state index in [1.165, 1.54) is 21.3 Å². The molecule has 168 valence electrons. The molecule has 0 unspecified atom stereocenters. The van der Waals surface area contributed by atoms with Crippen LogP contribution in [0.3, 0.4) is 0 Å². The number of allylic oxidation sites excluding steroid dienone is 1. The lowest BCUT2D eigenvalue weighted by molar-refractivity contribution is -0.113. The van der Waals surface area contributed by atoms with Gasteiger partial charge in [0, 0.05) is 30.2 Å². The van der Waals surface area contributed by atoms with Gasteiger partial charge in [-0.3, -0.25) is 4.79 Å². The van der Waals surface area contributed by atoms with Gasteiger partial charge in [-0.15, -0.1) is 0 Å². The summed E-state index contributed by atoms with van der Waals surface area (Å²) < 4.78 is 32.9. The maximum atomic E-state index is 13.3. The third-order valence-electron chi connectivity index (χ3n) is 5.57. The predicted molar refractivity (Wildman–Crippen MR) is 125 cm³/mol. The Balaban J connectivity index is 1.79. The molecule has 2 aromatic rings. The molecule has 0 aromatic heterocycles. The third-order valence-corrected chi connectivity index (χ3v) is 8.41. The van der Waals surface area contributed by atoms with Gasteiger partial charge in [-0.1, -0.05) is 12.1 Å². The van der Waals surface area contributed by atoms with Crippen LogP contribution in [-0.4, -0.2) is 50.3 Å². The van der Waals surface area contributed by atoms with E-state index in [1.807, 2.05) is 12.1 Å². The molecule has 1 amide bonds. The molecular weight excluding hydrogens is 460 g/mol. The molecule has 2 heterocycles. The Labute approximate surface area is 196 Å². The molecule has 1 saturated heterocycles. The van der Waals surface area contributed by atoms with Crippen LogP contribution in [0.15, 0.2) is 52.9 Å². The van der Waals surface area contributed by atoms with Crippen LogP contribution < -0.4 is 9.64 Å². The molecule has 2 aliphatic rings. The summed E-state index contributed by atoms with van der Waals surface area (Å²) in [5.74, 6) is 1.60. The molecule has 8 nitrogen and oxygen atoms in total. The number of sulfonamides is 1. The Morgan fingerprint density at radius 2 is 1.76 bits per heavy atom. The number of hydrogen-bond acceptors (Lipinski definition) is 7. The Kier molecular flexibility index (Phi) is 6.43. The molecular formula is C23H20N4O4S2. The lowest BCUT2D eigenvalue weighted by Crippen LogP contribution is -2.37. The molecule has 33 heavy (non-hydrogen) atoms. The highest BCUT2D eigenvalue weighted by atomic mass is 32.2. The van der Waals surface area contributed by atoms with E-state index in [2.05, 4.69) is 0 Å². The number of fused-ring (bicyclic) bond motifs is 1. The summed E-state index contributed by atoms with van der Waals surface area (Å²) in [5, 5.41) is 18.9. The number of amides is 1. The number of carbonyl (C=O) groups excluding carboxylic acids is 1. The van der Waals surface area contributed by atoms with Crippen LogP contribution in [0, 0.1) is 22.7 Å². The maximum absolute atomic E-state index is 13.3. The second kappa shape index (κ2) is 9.28. The average molecular weight is 481 g/mol. The minimum Gasteiger partial charge on any atom is -0.497 e. The van der Waals surface area contributed by atoms with Gasteiger partial charge in [-0.05, 0) is 35.9 Å². The van der Waals surface area contributed by atoms with Gasteiger partial charge in [0.15, 0.2) is 0 Å². The van der Waals surface area contributed by atoms with Gasteiger partial charge >= 0.3 is 0 Å². The summed E-state index contributed by atoms with van der Waals surface area (Å²) in [4.78, 5) is 14.8. The predicted octanol–water partition coefficient (Wildman–Crippen LogP) is 2.78. The number of hydrogen-bond donors (Lipinski definition) is 0. The lowest BCUT2D eigenvalue weighted by atomic mass is 10.0. The van der Waals surface area contributed by atoms with Crippen LogP contribution >= 0.6 is 11.8 Å². The number of methoxy groups -OCH3 is 1. The van der Waals surface area contributed by atoms with Crippen molar-refractivity contribution < 1.29 is 17.9 Å². The van der Waals surface area contributed by atoms with Crippen LogP contribution in [0.2, 0.25) is 0 Å². The second-order valence-electron chi connectivity index (χ2n) is 7.41. The normalized spacial score (nSPS) is 16.2.